The molecule has 1 fully saturated rings. The molecular formula is C10H15ClN4O. The van der Waals surface area contributed by atoms with Crippen molar-refractivity contribution in [3.05, 3.63) is 16.9 Å². The summed E-state index contributed by atoms with van der Waals surface area (Å²) in [5.74, 6) is 0.354. The number of H-pyrrole nitrogens is 1. The van der Waals surface area contributed by atoms with Crippen molar-refractivity contribution in [2.45, 2.75) is 12.8 Å². The van der Waals surface area contributed by atoms with Crippen molar-refractivity contribution in [1.29, 1.82) is 0 Å². The number of hydrogen-bond donors (Lipinski definition) is 3. The van der Waals surface area contributed by atoms with Gasteiger partial charge in [0.2, 0.25) is 0 Å². The maximum Gasteiger partial charge on any atom is 0.256 e. The van der Waals surface area contributed by atoms with Crippen LogP contribution in [-0.2, 0) is 0 Å². The van der Waals surface area contributed by atoms with Crippen molar-refractivity contribution in [2.24, 2.45) is 5.92 Å². The van der Waals surface area contributed by atoms with Gasteiger partial charge in [-0.3, -0.25) is 9.89 Å². The first kappa shape index (κ1) is 11.4. The number of carbonyl (C=O) groups excluding carboxylic acids is 1. The number of rotatable bonds is 3. The van der Waals surface area contributed by atoms with E-state index in [1.54, 1.807) is 0 Å². The second-order valence-electron chi connectivity index (χ2n) is 4.02. The van der Waals surface area contributed by atoms with Crippen molar-refractivity contribution < 1.29 is 4.79 Å². The summed E-state index contributed by atoms with van der Waals surface area (Å²) in [6.07, 6.45) is 3.77. The lowest BCUT2D eigenvalue weighted by atomic mass is 10.00. The molecule has 0 aliphatic carbocycles. The maximum atomic E-state index is 11.7. The van der Waals surface area contributed by atoms with Gasteiger partial charge in [-0.05, 0) is 31.8 Å². The summed E-state index contributed by atoms with van der Waals surface area (Å²) in [6.45, 7) is 2.74. The molecule has 1 aromatic heterocycles. The zero-order chi connectivity index (χ0) is 11.4. The molecule has 0 spiro atoms. The zero-order valence-electron chi connectivity index (χ0n) is 8.92. The van der Waals surface area contributed by atoms with Gasteiger partial charge in [0.25, 0.3) is 5.91 Å². The summed E-state index contributed by atoms with van der Waals surface area (Å²) in [5.41, 5.74) is 0.408. The van der Waals surface area contributed by atoms with E-state index < -0.39 is 0 Å². The molecule has 1 aliphatic rings. The molecule has 0 aromatic carbocycles. The van der Waals surface area contributed by atoms with E-state index >= 15 is 0 Å². The largest absolute Gasteiger partial charge is 0.352 e. The molecule has 1 atom stereocenters. The number of piperidine rings is 1. The Bertz CT molecular complexity index is 359. The van der Waals surface area contributed by atoms with Gasteiger partial charge in [-0.15, -0.1) is 0 Å². The maximum absolute atomic E-state index is 11.7. The Hall–Kier alpha value is -1.07. The first-order valence-corrected chi connectivity index (χ1v) is 5.83. The summed E-state index contributed by atoms with van der Waals surface area (Å²) < 4.78 is 0. The van der Waals surface area contributed by atoms with Gasteiger partial charge in [0.15, 0.2) is 0 Å². The lowest BCUT2D eigenvalue weighted by Crippen LogP contribution is -2.38. The highest BCUT2D eigenvalue weighted by Crippen LogP contribution is 2.12. The Morgan fingerprint density at radius 3 is 3.19 bits per heavy atom. The quantitative estimate of drug-likeness (QED) is 0.734. The van der Waals surface area contributed by atoms with Crippen LogP contribution in [0.2, 0.25) is 5.15 Å². The summed E-state index contributed by atoms with van der Waals surface area (Å²) in [7, 11) is 0. The minimum Gasteiger partial charge on any atom is -0.352 e. The number of nitrogens with zero attached hydrogens (tertiary/aromatic N) is 1. The average molecular weight is 243 g/mol. The molecule has 1 amide bonds. The van der Waals surface area contributed by atoms with Gasteiger partial charge >= 0.3 is 0 Å². The first-order chi connectivity index (χ1) is 7.77. The summed E-state index contributed by atoms with van der Waals surface area (Å²) in [4.78, 5) is 11.7. The van der Waals surface area contributed by atoms with Crippen LogP contribution in [0.15, 0.2) is 6.20 Å². The molecule has 0 saturated carbocycles. The van der Waals surface area contributed by atoms with E-state index in [4.69, 9.17) is 11.6 Å². The van der Waals surface area contributed by atoms with Gasteiger partial charge in [0.1, 0.15) is 5.15 Å². The predicted molar refractivity (Wildman–Crippen MR) is 61.5 cm³/mol. The van der Waals surface area contributed by atoms with Gasteiger partial charge in [-0.25, -0.2) is 0 Å². The topological polar surface area (TPSA) is 69.8 Å². The number of carbonyl (C=O) groups is 1. The van der Waals surface area contributed by atoms with Crippen molar-refractivity contribution in [2.75, 3.05) is 19.6 Å². The summed E-state index contributed by atoms with van der Waals surface area (Å²) >= 11 is 5.76. The molecule has 1 saturated heterocycles. The number of amides is 1. The Balaban J connectivity index is 1.81. The van der Waals surface area contributed by atoms with Crippen LogP contribution >= 0.6 is 11.6 Å². The van der Waals surface area contributed by atoms with Crippen molar-refractivity contribution in [3.8, 4) is 0 Å². The van der Waals surface area contributed by atoms with E-state index in [0.717, 1.165) is 19.5 Å². The molecule has 0 bridgehead atoms. The average Bonchev–Trinajstić information content (AvgIpc) is 2.74. The molecule has 1 unspecified atom stereocenters. The summed E-state index contributed by atoms with van der Waals surface area (Å²) in [5, 5.41) is 12.7. The predicted octanol–water partition coefficient (Wildman–Crippen LogP) is 0.792. The third-order valence-electron chi connectivity index (χ3n) is 2.79. The highest BCUT2D eigenvalue weighted by molar-refractivity contribution is 6.32. The van der Waals surface area contributed by atoms with Gasteiger partial charge in [-0.1, -0.05) is 11.6 Å². The standard InChI is InChI=1S/C10H15ClN4O/c11-9-8(6-14-15-9)10(16)13-5-7-2-1-3-12-4-7/h6-7,12H,1-5H2,(H,13,16)(H,14,15). The third kappa shape index (κ3) is 2.74. The molecule has 88 valence electrons. The number of aromatic nitrogens is 2. The zero-order valence-corrected chi connectivity index (χ0v) is 9.68. The first-order valence-electron chi connectivity index (χ1n) is 5.45. The Kier molecular flexibility index (Phi) is 3.79. The molecule has 1 aliphatic heterocycles. The monoisotopic (exact) mass is 242 g/mol. The Labute approximate surface area is 98.9 Å². The number of halogens is 1. The second kappa shape index (κ2) is 5.32. The van der Waals surface area contributed by atoms with Crippen LogP contribution in [0.3, 0.4) is 0 Å². The number of nitrogens with one attached hydrogen (secondary N) is 3. The second-order valence-corrected chi connectivity index (χ2v) is 4.40. The van der Waals surface area contributed by atoms with Crippen LogP contribution in [0.4, 0.5) is 0 Å². The van der Waals surface area contributed by atoms with E-state index in [1.165, 1.54) is 12.6 Å². The van der Waals surface area contributed by atoms with Crippen LogP contribution < -0.4 is 10.6 Å². The lowest BCUT2D eigenvalue weighted by molar-refractivity contribution is 0.0945. The van der Waals surface area contributed by atoms with Gasteiger partial charge in [0.05, 0.1) is 11.8 Å². The van der Waals surface area contributed by atoms with Crippen LogP contribution in [-0.4, -0.2) is 35.7 Å². The fourth-order valence-electron chi connectivity index (χ4n) is 1.86. The molecule has 16 heavy (non-hydrogen) atoms. The smallest absolute Gasteiger partial charge is 0.256 e. The molecule has 5 nitrogen and oxygen atoms in total. The fourth-order valence-corrected chi connectivity index (χ4v) is 2.04. The third-order valence-corrected chi connectivity index (χ3v) is 3.08. The SMILES string of the molecule is O=C(NCC1CCCNC1)c1cn[nH]c1Cl. The van der Waals surface area contributed by atoms with E-state index in [9.17, 15) is 4.79 Å². The minimum atomic E-state index is -0.163. The lowest BCUT2D eigenvalue weighted by Gasteiger charge is -2.22. The molecule has 2 heterocycles. The van der Waals surface area contributed by atoms with Crippen LogP contribution in [0.1, 0.15) is 23.2 Å². The Morgan fingerprint density at radius 1 is 1.69 bits per heavy atom. The normalized spacial score (nSPS) is 20.7. The van der Waals surface area contributed by atoms with Crippen molar-refractivity contribution in [1.82, 2.24) is 20.8 Å². The Morgan fingerprint density at radius 2 is 2.56 bits per heavy atom. The van der Waals surface area contributed by atoms with Crippen LogP contribution in [0.25, 0.3) is 0 Å². The van der Waals surface area contributed by atoms with Crippen molar-refractivity contribution >= 4 is 17.5 Å². The van der Waals surface area contributed by atoms with Gasteiger partial charge in [-0.2, -0.15) is 5.10 Å². The molecule has 1 aromatic rings. The van der Waals surface area contributed by atoms with E-state index in [-0.39, 0.29) is 5.91 Å². The summed E-state index contributed by atoms with van der Waals surface area (Å²) in [6, 6.07) is 0. The van der Waals surface area contributed by atoms with E-state index in [2.05, 4.69) is 20.8 Å². The fraction of sp³-hybridized carbons (Fsp3) is 0.600. The minimum absolute atomic E-state index is 0.163. The van der Waals surface area contributed by atoms with Gasteiger partial charge in [0, 0.05) is 6.54 Å². The molecule has 6 heteroatoms. The van der Waals surface area contributed by atoms with Crippen LogP contribution in [0, 0.1) is 5.92 Å². The van der Waals surface area contributed by atoms with E-state index in [1.807, 2.05) is 0 Å². The number of aromatic amines is 1. The highest BCUT2D eigenvalue weighted by atomic mass is 35.5. The van der Waals surface area contributed by atoms with Gasteiger partial charge < -0.3 is 10.6 Å². The highest BCUT2D eigenvalue weighted by Gasteiger charge is 2.16. The molecule has 2 rings (SSSR count). The van der Waals surface area contributed by atoms with Crippen LogP contribution in [0.5, 0.6) is 0 Å². The molecular weight excluding hydrogens is 228 g/mol. The van der Waals surface area contributed by atoms with Crippen molar-refractivity contribution in [3.63, 3.8) is 0 Å². The molecule has 0 radical (unpaired) electrons. The van der Waals surface area contributed by atoms with E-state index in [0.29, 0.717) is 23.2 Å². The number of hydrogen-bond acceptors (Lipinski definition) is 3. The molecule has 3 N–H and O–H groups in total.